The molecule has 0 bridgehead atoms. The first-order valence-electron chi connectivity index (χ1n) is 6.68. The molecule has 0 radical (unpaired) electrons. The normalized spacial score (nSPS) is 14.8. The van der Waals surface area contributed by atoms with Gasteiger partial charge in [-0.3, -0.25) is 9.59 Å². The summed E-state index contributed by atoms with van der Waals surface area (Å²) >= 11 is 0. The van der Waals surface area contributed by atoms with E-state index in [1.165, 1.54) is 5.56 Å². The van der Waals surface area contributed by atoms with Crippen molar-refractivity contribution in [3.05, 3.63) is 29.3 Å². The number of carboxylic acid groups (broad SMARTS) is 1. The molecule has 0 aliphatic carbocycles. The minimum Gasteiger partial charge on any atom is -0.493 e. The van der Waals surface area contributed by atoms with Crippen molar-refractivity contribution < 1.29 is 19.4 Å². The van der Waals surface area contributed by atoms with Gasteiger partial charge in [0.1, 0.15) is 5.75 Å². The van der Waals surface area contributed by atoms with E-state index in [1.807, 2.05) is 32.0 Å². The lowest BCUT2D eigenvalue weighted by Gasteiger charge is -2.36. The van der Waals surface area contributed by atoms with Crippen LogP contribution in [0.5, 0.6) is 5.75 Å². The van der Waals surface area contributed by atoms with Crippen LogP contribution in [0.2, 0.25) is 0 Å². The Labute approximate surface area is 118 Å². The molecule has 1 N–H and O–H groups in total. The third kappa shape index (κ3) is 3.29. The predicted octanol–water partition coefficient (Wildman–Crippen LogP) is 1.62. The summed E-state index contributed by atoms with van der Waals surface area (Å²) in [6.07, 6.45) is 0.277. The summed E-state index contributed by atoms with van der Waals surface area (Å²) in [5, 5.41) is 8.74. The molecule has 1 aliphatic rings. The molecule has 0 unspecified atom stereocenters. The monoisotopic (exact) mass is 277 g/mol. The highest BCUT2D eigenvalue weighted by Crippen LogP contribution is 2.18. The Morgan fingerprint density at radius 1 is 1.30 bits per heavy atom. The van der Waals surface area contributed by atoms with Crippen LogP contribution in [0.1, 0.15) is 17.5 Å². The molecule has 1 aromatic rings. The third-order valence-electron chi connectivity index (χ3n) is 3.65. The second-order valence-electron chi connectivity index (χ2n) is 5.18. The Bertz CT molecular complexity index is 521. The number of ether oxygens (including phenoxy) is 1. The quantitative estimate of drug-likeness (QED) is 0.888. The molecule has 0 spiro atoms. The molecule has 2 rings (SSSR count). The summed E-state index contributed by atoms with van der Waals surface area (Å²) in [5.41, 5.74) is 2.36. The fourth-order valence-corrected chi connectivity index (χ4v) is 2.06. The van der Waals surface area contributed by atoms with Crippen LogP contribution in [0.25, 0.3) is 0 Å². The number of rotatable bonds is 5. The SMILES string of the molecule is Cc1ccc(OCCC(=O)N2CC(C(=O)O)C2)cc1C. The maximum absolute atomic E-state index is 11.8. The van der Waals surface area contributed by atoms with Gasteiger partial charge < -0.3 is 14.7 Å². The summed E-state index contributed by atoms with van der Waals surface area (Å²) in [4.78, 5) is 24.0. The summed E-state index contributed by atoms with van der Waals surface area (Å²) in [6, 6.07) is 5.82. The molecular weight excluding hydrogens is 258 g/mol. The topological polar surface area (TPSA) is 66.8 Å². The van der Waals surface area contributed by atoms with E-state index >= 15 is 0 Å². The van der Waals surface area contributed by atoms with Crippen molar-refractivity contribution in [3.63, 3.8) is 0 Å². The van der Waals surface area contributed by atoms with E-state index in [2.05, 4.69) is 0 Å². The van der Waals surface area contributed by atoms with Crippen LogP contribution in [0.15, 0.2) is 18.2 Å². The van der Waals surface area contributed by atoms with E-state index in [4.69, 9.17) is 9.84 Å². The number of hydrogen-bond donors (Lipinski definition) is 1. The van der Waals surface area contributed by atoms with Gasteiger partial charge >= 0.3 is 5.97 Å². The van der Waals surface area contributed by atoms with Crippen LogP contribution in [-0.2, 0) is 9.59 Å². The second kappa shape index (κ2) is 5.94. The van der Waals surface area contributed by atoms with Crippen molar-refractivity contribution in [2.75, 3.05) is 19.7 Å². The molecule has 1 heterocycles. The van der Waals surface area contributed by atoms with Crippen LogP contribution < -0.4 is 4.74 Å². The Morgan fingerprint density at radius 2 is 2.00 bits per heavy atom. The number of nitrogens with zero attached hydrogens (tertiary/aromatic N) is 1. The number of carboxylic acids is 1. The molecular formula is C15H19NO4. The number of amides is 1. The molecule has 1 aromatic carbocycles. The Hall–Kier alpha value is -2.04. The van der Waals surface area contributed by atoms with E-state index in [0.717, 1.165) is 11.3 Å². The summed E-state index contributed by atoms with van der Waals surface area (Å²) in [6.45, 7) is 5.00. The lowest BCUT2D eigenvalue weighted by atomic mass is 10.0. The Kier molecular flexibility index (Phi) is 4.27. The van der Waals surface area contributed by atoms with Crippen LogP contribution in [0, 0.1) is 19.8 Å². The molecule has 0 saturated carbocycles. The summed E-state index contributed by atoms with van der Waals surface area (Å²) < 4.78 is 5.54. The zero-order valence-electron chi connectivity index (χ0n) is 11.8. The van der Waals surface area contributed by atoms with Gasteiger partial charge in [0.2, 0.25) is 5.91 Å². The molecule has 1 amide bonds. The third-order valence-corrected chi connectivity index (χ3v) is 3.65. The Balaban J connectivity index is 1.72. The van der Waals surface area contributed by atoms with Crippen molar-refractivity contribution in [1.29, 1.82) is 0 Å². The number of aryl methyl sites for hydroxylation is 2. The highest BCUT2D eigenvalue weighted by molar-refractivity contribution is 5.81. The van der Waals surface area contributed by atoms with E-state index in [9.17, 15) is 9.59 Å². The molecule has 20 heavy (non-hydrogen) atoms. The van der Waals surface area contributed by atoms with Crippen molar-refractivity contribution in [3.8, 4) is 5.75 Å². The fourth-order valence-electron chi connectivity index (χ4n) is 2.06. The van der Waals surface area contributed by atoms with Crippen LogP contribution >= 0.6 is 0 Å². The molecule has 5 heteroatoms. The predicted molar refractivity (Wildman–Crippen MR) is 73.7 cm³/mol. The largest absolute Gasteiger partial charge is 0.493 e. The van der Waals surface area contributed by atoms with E-state index < -0.39 is 11.9 Å². The number of hydrogen-bond acceptors (Lipinski definition) is 3. The van der Waals surface area contributed by atoms with Crippen molar-refractivity contribution in [1.82, 2.24) is 4.90 Å². The van der Waals surface area contributed by atoms with Gasteiger partial charge in [0.15, 0.2) is 0 Å². The van der Waals surface area contributed by atoms with Gasteiger partial charge in [-0.25, -0.2) is 0 Å². The standard InChI is InChI=1S/C15H19NO4/c1-10-3-4-13(7-11(10)2)20-6-5-14(17)16-8-12(9-16)15(18)19/h3-4,7,12H,5-6,8-9H2,1-2H3,(H,18,19). The zero-order chi connectivity index (χ0) is 14.7. The average Bonchev–Trinajstić information content (AvgIpc) is 2.31. The average molecular weight is 277 g/mol. The van der Waals surface area contributed by atoms with E-state index in [-0.39, 0.29) is 12.3 Å². The fraction of sp³-hybridized carbons (Fsp3) is 0.467. The lowest BCUT2D eigenvalue weighted by molar-refractivity contribution is -0.152. The molecule has 0 aromatic heterocycles. The van der Waals surface area contributed by atoms with Gasteiger partial charge in [-0.05, 0) is 37.1 Å². The number of carbonyl (C=O) groups is 2. The molecule has 1 fully saturated rings. The first-order chi connectivity index (χ1) is 9.47. The van der Waals surface area contributed by atoms with E-state index in [1.54, 1.807) is 4.90 Å². The first kappa shape index (κ1) is 14.4. The minimum absolute atomic E-state index is 0.0497. The van der Waals surface area contributed by atoms with Gasteiger partial charge in [-0.1, -0.05) is 6.07 Å². The van der Waals surface area contributed by atoms with Gasteiger partial charge in [0.05, 0.1) is 18.9 Å². The Morgan fingerprint density at radius 3 is 2.60 bits per heavy atom. The number of benzene rings is 1. The molecule has 108 valence electrons. The molecule has 0 atom stereocenters. The zero-order valence-corrected chi connectivity index (χ0v) is 11.8. The first-order valence-corrected chi connectivity index (χ1v) is 6.68. The van der Waals surface area contributed by atoms with Gasteiger partial charge in [-0.2, -0.15) is 0 Å². The van der Waals surface area contributed by atoms with Crippen LogP contribution in [0.4, 0.5) is 0 Å². The summed E-state index contributed by atoms with van der Waals surface area (Å²) in [5.74, 6) is -0.528. The second-order valence-corrected chi connectivity index (χ2v) is 5.18. The minimum atomic E-state index is -0.833. The maximum Gasteiger partial charge on any atom is 0.310 e. The number of aliphatic carboxylic acids is 1. The lowest BCUT2D eigenvalue weighted by Crippen LogP contribution is -2.53. The van der Waals surface area contributed by atoms with Crippen LogP contribution in [-0.4, -0.2) is 41.6 Å². The summed E-state index contributed by atoms with van der Waals surface area (Å²) in [7, 11) is 0. The highest BCUT2D eigenvalue weighted by Gasteiger charge is 2.35. The van der Waals surface area contributed by atoms with Crippen molar-refractivity contribution >= 4 is 11.9 Å². The smallest absolute Gasteiger partial charge is 0.310 e. The molecule has 5 nitrogen and oxygen atoms in total. The maximum atomic E-state index is 11.8. The molecule has 1 saturated heterocycles. The van der Waals surface area contributed by atoms with E-state index in [0.29, 0.717) is 19.7 Å². The number of carbonyl (C=O) groups excluding carboxylic acids is 1. The van der Waals surface area contributed by atoms with Gasteiger partial charge in [0.25, 0.3) is 0 Å². The van der Waals surface area contributed by atoms with Crippen molar-refractivity contribution in [2.24, 2.45) is 5.92 Å². The molecule has 1 aliphatic heterocycles. The van der Waals surface area contributed by atoms with Gasteiger partial charge in [0, 0.05) is 13.1 Å². The van der Waals surface area contributed by atoms with Crippen molar-refractivity contribution in [2.45, 2.75) is 20.3 Å². The van der Waals surface area contributed by atoms with Gasteiger partial charge in [-0.15, -0.1) is 0 Å². The van der Waals surface area contributed by atoms with Crippen LogP contribution in [0.3, 0.4) is 0 Å². The number of likely N-dealkylation sites (tertiary alicyclic amines) is 1. The highest BCUT2D eigenvalue weighted by atomic mass is 16.5.